The molecule has 0 heterocycles. The van der Waals surface area contributed by atoms with E-state index in [9.17, 15) is 14.4 Å². The Labute approximate surface area is 199 Å². The van der Waals surface area contributed by atoms with Gasteiger partial charge >= 0.3 is 12.1 Å². The molecule has 1 atom stereocenters. The molecular weight excluding hydrogens is 432 g/mol. The maximum Gasteiger partial charge on any atom is 0.407 e. The van der Waals surface area contributed by atoms with Crippen molar-refractivity contribution in [2.24, 2.45) is 11.8 Å². The van der Waals surface area contributed by atoms with Crippen LogP contribution in [0.4, 0.5) is 4.79 Å². The van der Waals surface area contributed by atoms with Gasteiger partial charge < -0.3 is 20.5 Å². The largest absolute Gasteiger partial charge is 0.481 e. The first-order valence-electron chi connectivity index (χ1n) is 11.9. The monoisotopic (exact) mass is 464 g/mol. The lowest BCUT2D eigenvalue weighted by Crippen LogP contribution is -2.51. The second kappa shape index (κ2) is 9.87. The fourth-order valence-corrected chi connectivity index (χ4v) is 5.01. The summed E-state index contributed by atoms with van der Waals surface area (Å²) in [6.07, 6.45) is 2.17. The Morgan fingerprint density at radius 2 is 1.62 bits per heavy atom. The van der Waals surface area contributed by atoms with Crippen molar-refractivity contribution in [1.82, 2.24) is 10.6 Å². The summed E-state index contributed by atoms with van der Waals surface area (Å²) < 4.78 is 5.60. The number of amides is 2. The third-order valence-corrected chi connectivity index (χ3v) is 6.92. The lowest BCUT2D eigenvalue weighted by Gasteiger charge is -2.35. The average molecular weight is 465 g/mol. The Bertz CT molecular complexity index is 1030. The zero-order valence-corrected chi connectivity index (χ0v) is 19.7. The Kier molecular flexibility index (Phi) is 6.91. The average Bonchev–Trinajstić information content (AvgIpc) is 3.06. The Morgan fingerprint density at radius 1 is 1.03 bits per heavy atom. The van der Waals surface area contributed by atoms with Crippen LogP contribution in [0.25, 0.3) is 11.1 Å². The van der Waals surface area contributed by atoms with Crippen LogP contribution in [-0.4, -0.2) is 41.8 Å². The number of carbonyl (C=O) groups is 3. The van der Waals surface area contributed by atoms with Crippen LogP contribution in [-0.2, 0) is 14.3 Å². The molecule has 3 N–H and O–H groups in total. The second-order valence-electron chi connectivity index (χ2n) is 9.95. The molecule has 2 aromatic carbocycles. The van der Waals surface area contributed by atoms with E-state index in [1.54, 1.807) is 13.8 Å². The number of carboxylic acid groups (broad SMARTS) is 1. The molecule has 1 fully saturated rings. The SMILES string of the molecule is CC(C)(CC(=O)O)NC(=O)C(CNC(=O)OCC1c2ccccc2-c2ccccc21)C1CCC1. The van der Waals surface area contributed by atoms with E-state index in [0.29, 0.717) is 0 Å². The molecule has 0 radical (unpaired) electrons. The molecule has 0 bridgehead atoms. The summed E-state index contributed by atoms with van der Waals surface area (Å²) in [5.41, 5.74) is 3.75. The second-order valence-corrected chi connectivity index (χ2v) is 9.95. The van der Waals surface area contributed by atoms with Crippen molar-refractivity contribution in [3.63, 3.8) is 0 Å². The summed E-state index contributed by atoms with van der Waals surface area (Å²) in [5, 5.41) is 14.7. The van der Waals surface area contributed by atoms with Crippen LogP contribution < -0.4 is 10.6 Å². The predicted molar refractivity (Wildman–Crippen MR) is 128 cm³/mol. The van der Waals surface area contributed by atoms with Gasteiger partial charge in [-0.15, -0.1) is 0 Å². The lowest BCUT2D eigenvalue weighted by molar-refractivity contribution is -0.139. The molecule has 1 unspecified atom stereocenters. The summed E-state index contributed by atoms with van der Waals surface area (Å²) in [7, 11) is 0. The first kappa shape index (κ1) is 23.8. The maximum absolute atomic E-state index is 12.9. The number of fused-ring (bicyclic) bond motifs is 3. The molecule has 180 valence electrons. The number of hydrogen-bond acceptors (Lipinski definition) is 4. The highest BCUT2D eigenvalue weighted by atomic mass is 16.5. The Morgan fingerprint density at radius 3 is 2.15 bits per heavy atom. The molecule has 0 aliphatic heterocycles. The minimum atomic E-state index is -0.970. The van der Waals surface area contributed by atoms with Gasteiger partial charge in [-0.05, 0) is 54.9 Å². The summed E-state index contributed by atoms with van der Waals surface area (Å²) >= 11 is 0. The molecule has 7 nitrogen and oxygen atoms in total. The highest BCUT2D eigenvalue weighted by molar-refractivity contribution is 5.82. The molecule has 2 aromatic rings. The third kappa shape index (κ3) is 5.24. The van der Waals surface area contributed by atoms with Crippen molar-refractivity contribution in [1.29, 1.82) is 0 Å². The van der Waals surface area contributed by atoms with E-state index >= 15 is 0 Å². The lowest BCUT2D eigenvalue weighted by atomic mass is 9.75. The standard InChI is InChI=1S/C27H32N2O5/c1-27(2,14-24(30)31)29-25(32)22(17-8-7-9-17)15-28-26(33)34-16-23-20-12-5-3-10-18(20)19-11-4-6-13-21(19)23/h3-6,10-13,17,22-23H,7-9,14-16H2,1-2H3,(H,28,33)(H,29,32)(H,30,31). The van der Waals surface area contributed by atoms with Crippen LogP contribution in [0.5, 0.6) is 0 Å². The number of aliphatic carboxylic acids is 1. The normalized spacial score (nSPS) is 16.1. The van der Waals surface area contributed by atoms with Gasteiger partial charge in [-0.1, -0.05) is 55.0 Å². The number of nitrogens with one attached hydrogen (secondary N) is 2. The third-order valence-electron chi connectivity index (χ3n) is 6.92. The van der Waals surface area contributed by atoms with E-state index in [1.165, 1.54) is 0 Å². The minimum Gasteiger partial charge on any atom is -0.481 e. The molecule has 4 rings (SSSR count). The van der Waals surface area contributed by atoms with E-state index in [4.69, 9.17) is 9.84 Å². The maximum atomic E-state index is 12.9. The van der Waals surface area contributed by atoms with Gasteiger partial charge in [0.15, 0.2) is 0 Å². The smallest absolute Gasteiger partial charge is 0.407 e. The molecular formula is C27H32N2O5. The topological polar surface area (TPSA) is 105 Å². The van der Waals surface area contributed by atoms with Crippen LogP contribution in [0.3, 0.4) is 0 Å². The zero-order chi connectivity index (χ0) is 24.3. The molecule has 2 amide bonds. The van der Waals surface area contributed by atoms with Gasteiger partial charge in [0.2, 0.25) is 5.91 Å². The van der Waals surface area contributed by atoms with Gasteiger partial charge in [-0.2, -0.15) is 0 Å². The van der Waals surface area contributed by atoms with Gasteiger partial charge in [0, 0.05) is 18.0 Å². The van der Waals surface area contributed by atoms with Crippen LogP contribution >= 0.6 is 0 Å². The van der Waals surface area contributed by atoms with Gasteiger partial charge in [-0.3, -0.25) is 9.59 Å². The van der Waals surface area contributed by atoms with Gasteiger partial charge in [0.05, 0.1) is 12.3 Å². The number of rotatable bonds is 9. The summed E-state index contributed by atoms with van der Waals surface area (Å²) in [4.78, 5) is 36.6. The van der Waals surface area contributed by atoms with Gasteiger partial charge in [0.1, 0.15) is 6.61 Å². The quantitative estimate of drug-likeness (QED) is 0.513. The first-order valence-corrected chi connectivity index (χ1v) is 11.9. The molecule has 34 heavy (non-hydrogen) atoms. The molecule has 2 aliphatic rings. The van der Waals surface area contributed by atoms with Crippen molar-refractivity contribution in [3.8, 4) is 11.1 Å². The number of hydrogen-bond donors (Lipinski definition) is 3. The van der Waals surface area contributed by atoms with Crippen molar-refractivity contribution < 1.29 is 24.2 Å². The van der Waals surface area contributed by atoms with Crippen molar-refractivity contribution in [3.05, 3.63) is 59.7 Å². The number of ether oxygens (including phenoxy) is 1. The minimum absolute atomic E-state index is 0.0271. The highest BCUT2D eigenvalue weighted by Gasteiger charge is 2.36. The van der Waals surface area contributed by atoms with Crippen LogP contribution in [0.15, 0.2) is 48.5 Å². The van der Waals surface area contributed by atoms with E-state index < -0.39 is 23.5 Å². The van der Waals surface area contributed by atoms with Crippen LogP contribution in [0.2, 0.25) is 0 Å². The van der Waals surface area contributed by atoms with E-state index in [0.717, 1.165) is 41.5 Å². The van der Waals surface area contributed by atoms with E-state index in [-0.39, 0.29) is 37.3 Å². The summed E-state index contributed by atoms with van der Waals surface area (Å²) in [6, 6.07) is 16.3. The van der Waals surface area contributed by atoms with Crippen molar-refractivity contribution in [2.75, 3.05) is 13.2 Å². The van der Waals surface area contributed by atoms with E-state index in [2.05, 4.69) is 34.9 Å². The molecule has 0 spiro atoms. The first-order chi connectivity index (χ1) is 16.2. The van der Waals surface area contributed by atoms with E-state index in [1.807, 2.05) is 24.3 Å². The van der Waals surface area contributed by atoms with Crippen molar-refractivity contribution >= 4 is 18.0 Å². The zero-order valence-electron chi connectivity index (χ0n) is 19.7. The molecule has 1 saturated carbocycles. The highest BCUT2D eigenvalue weighted by Crippen LogP contribution is 2.44. The fraction of sp³-hybridized carbons (Fsp3) is 0.444. The van der Waals surface area contributed by atoms with Crippen LogP contribution in [0.1, 0.15) is 56.6 Å². The Balaban J connectivity index is 1.35. The summed E-state index contributed by atoms with van der Waals surface area (Å²) in [6.45, 7) is 3.76. The summed E-state index contributed by atoms with van der Waals surface area (Å²) in [5.74, 6) is -1.46. The molecule has 0 aromatic heterocycles. The Hall–Kier alpha value is -3.35. The fourth-order valence-electron chi connectivity index (χ4n) is 5.01. The number of benzene rings is 2. The van der Waals surface area contributed by atoms with Crippen molar-refractivity contribution in [2.45, 2.75) is 51.0 Å². The van der Waals surface area contributed by atoms with Gasteiger partial charge in [-0.25, -0.2) is 4.79 Å². The molecule has 0 saturated heterocycles. The number of carbonyl (C=O) groups excluding carboxylic acids is 2. The van der Waals surface area contributed by atoms with Crippen LogP contribution in [0, 0.1) is 11.8 Å². The molecule has 7 heteroatoms. The van der Waals surface area contributed by atoms with Gasteiger partial charge in [0.25, 0.3) is 0 Å². The number of alkyl carbamates (subject to hydrolysis) is 1. The predicted octanol–water partition coefficient (Wildman–Crippen LogP) is 4.31. The number of carboxylic acids is 1. The molecule has 2 aliphatic carbocycles.